The summed E-state index contributed by atoms with van der Waals surface area (Å²) < 4.78 is 38.3. The number of piperazine rings is 1. The highest BCUT2D eigenvalue weighted by Crippen LogP contribution is 2.21. The summed E-state index contributed by atoms with van der Waals surface area (Å²) in [6.07, 6.45) is 0.0215. The summed E-state index contributed by atoms with van der Waals surface area (Å²) in [5, 5.41) is 3.30. The van der Waals surface area contributed by atoms with Gasteiger partial charge in [-0.05, 0) is 12.1 Å². The van der Waals surface area contributed by atoms with Crippen molar-refractivity contribution in [2.75, 3.05) is 64.5 Å². The Morgan fingerprint density at radius 2 is 2.00 bits per heavy atom. The maximum atomic E-state index is 13.9. The Balaban J connectivity index is 0.00000243. The number of hydrogen-bond donors (Lipinski definition) is 1. The van der Waals surface area contributed by atoms with Gasteiger partial charge in [0.05, 0.1) is 31.6 Å². The van der Waals surface area contributed by atoms with Crippen LogP contribution in [0.15, 0.2) is 23.2 Å². The second-order valence-corrected chi connectivity index (χ2v) is 6.07. The van der Waals surface area contributed by atoms with Crippen LogP contribution in [0, 0.1) is 11.6 Å². The van der Waals surface area contributed by atoms with E-state index in [1.165, 1.54) is 12.1 Å². The molecular weight excluding hydrogens is 457 g/mol. The summed E-state index contributed by atoms with van der Waals surface area (Å²) in [6, 6.07) is 3.56. The minimum Gasteiger partial charge on any atom is -0.376 e. The summed E-state index contributed by atoms with van der Waals surface area (Å²) in [7, 11) is 1.74. The van der Waals surface area contributed by atoms with Gasteiger partial charge in [0.1, 0.15) is 11.6 Å². The summed E-state index contributed by atoms with van der Waals surface area (Å²) in [4.78, 5) is 8.28. The van der Waals surface area contributed by atoms with Crippen molar-refractivity contribution in [1.29, 1.82) is 0 Å². The molecule has 146 valence electrons. The molecule has 1 aromatic rings. The highest BCUT2D eigenvalue weighted by Gasteiger charge is 2.23. The van der Waals surface area contributed by atoms with Crippen molar-refractivity contribution in [3.8, 4) is 0 Å². The fraction of sp³-hybridized carbons (Fsp3) is 0.588. The van der Waals surface area contributed by atoms with Gasteiger partial charge in [0.2, 0.25) is 0 Å². The minimum absolute atomic E-state index is 0. The maximum absolute atomic E-state index is 13.9. The molecule has 1 atom stereocenters. The molecule has 2 heterocycles. The molecule has 0 radical (unpaired) electrons. The van der Waals surface area contributed by atoms with Crippen LogP contribution in [-0.2, 0) is 9.47 Å². The molecular formula is C17H25F2IN4O2. The molecule has 0 spiro atoms. The first kappa shape index (κ1) is 21.1. The summed E-state index contributed by atoms with van der Waals surface area (Å²) in [5.74, 6) is -0.0358. The zero-order chi connectivity index (χ0) is 17.6. The third-order valence-corrected chi connectivity index (χ3v) is 4.41. The number of guanidine groups is 1. The molecule has 3 rings (SSSR count). The Hall–Kier alpha value is -1.20. The quantitative estimate of drug-likeness (QED) is 0.404. The van der Waals surface area contributed by atoms with Gasteiger partial charge in [0.15, 0.2) is 5.96 Å². The zero-order valence-corrected chi connectivity index (χ0v) is 17.1. The smallest absolute Gasteiger partial charge is 0.193 e. The van der Waals surface area contributed by atoms with E-state index in [2.05, 4.69) is 15.2 Å². The lowest BCUT2D eigenvalue weighted by Crippen LogP contribution is -2.54. The Labute approximate surface area is 169 Å². The van der Waals surface area contributed by atoms with Crippen LogP contribution in [0.4, 0.5) is 14.5 Å². The molecule has 2 aliphatic rings. The first-order valence-corrected chi connectivity index (χ1v) is 8.52. The highest BCUT2D eigenvalue weighted by molar-refractivity contribution is 14.0. The van der Waals surface area contributed by atoms with Crippen molar-refractivity contribution < 1.29 is 18.3 Å². The number of halogens is 3. The molecule has 0 saturated carbocycles. The second kappa shape index (κ2) is 10.2. The van der Waals surface area contributed by atoms with Crippen molar-refractivity contribution >= 4 is 35.6 Å². The molecule has 6 nitrogen and oxygen atoms in total. The molecule has 0 amide bonds. The molecule has 1 aromatic carbocycles. The van der Waals surface area contributed by atoms with Crippen molar-refractivity contribution in [3.63, 3.8) is 0 Å². The number of hydrogen-bond acceptors (Lipinski definition) is 4. The Morgan fingerprint density at radius 1 is 1.23 bits per heavy atom. The number of nitrogens with one attached hydrogen (secondary N) is 1. The minimum atomic E-state index is -0.425. The fourth-order valence-electron chi connectivity index (χ4n) is 3.08. The van der Waals surface area contributed by atoms with E-state index in [-0.39, 0.29) is 30.1 Å². The van der Waals surface area contributed by atoms with Crippen LogP contribution in [0.2, 0.25) is 0 Å². The monoisotopic (exact) mass is 482 g/mol. The van der Waals surface area contributed by atoms with Gasteiger partial charge in [0, 0.05) is 45.8 Å². The van der Waals surface area contributed by atoms with E-state index < -0.39 is 11.6 Å². The van der Waals surface area contributed by atoms with Crippen LogP contribution >= 0.6 is 24.0 Å². The number of ether oxygens (including phenoxy) is 2. The average molecular weight is 482 g/mol. The molecule has 26 heavy (non-hydrogen) atoms. The van der Waals surface area contributed by atoms with Crippen LogP contribution in [0.25, 0.3) is 0 Å². The van der Waals surface area contributed by atoms with E-state index >= 15 is 0 Å². The third-order valence-electron chi connectivity index (χ3n) is 4.41. The SMILES string of the molecule is CN=C(NCC1COCCO1)N1CCN(c2cc(F)ccc2F)CC1.I. The lowest BCUT2D eigenvalue weighted by molar-refractivity contribution is -0.0851. The summed E-state index contributed by atoms with van der Waals surface area (Å²) in [5.41, 5.74) is 0.315. The van der Waals surface area contributed by atoms with E-state index in [1.807, 2.05) is 4.90 Å². The van der Waals surface area contributed by atoms with E-state index in [9.17, 15) is 8.78 Å². The number of nitrogens with zero attached hydrogens (tertiary/aromatic N) is 3. The molecule has 2 aliphatic heterocycles. The first-order valence-electron chi connectivity index (χ1n) is 8.52. The van der Waals surface area contributed by atoms with Crippen LogP contribution < -0.4 is 10.2 Å². The number of rotatable bonds is 3. The van der Waals surface area contributed by atoms with E-state index in [0.29, 0.717) is 58.2 Å². The van der Waals surface area contributed by atoms with Gasteiger partial charge in [-0.15, -0.1) is 24.0 Å². The van der Waals surface area contributed by atoms with Crippen LogP contribution in [0.1, 0.15) is 0 Å². The standard InChI is InChI=1S/C17H24F2N4O2.HI/c1-20-17(21-11-14-12-24-8-9-25-14)23-6-4-22(5-7-23)16-10-13(18)2-3-15(16)19;/h2-3,10,14H,4-9,11-12H2,1H3,(H,20,21);1H. The van der Waals surface area contributed by atoms with Crippen LogP contribution in [0.5, 0.6) is 0 Å². The first-order chi connectivity index (χ1) is 12.2. The fourth-order valence-corrected chi connectivity index (χ4v) is 3.08. The number of aliphatic imine (C=N–C) groups is 1. The van der Waals surface area contributed by atoms with Gasteiger partial charge in [-0.3, -0.25) is 4.99 Å². The van der Waals surface area contributed by atoms with Gasteiger partial charge in [-0.2, -0.15) is 0 Å². The predicted molar refractivity (Wildman–Crippen MR) is 107 cm³/mol. The molecule has 2 saturated heterocycles. The molecule has 0 aliphatic carbocycles. The van der Waals surface area contributed by atoms with Crippen molar-refractivity contribution in [3.05, 3.63) is 29.8 Å². The van der Waals surface area contributed by atoms with Crippen LogP contribution in [-0.4, -0.2) is 76.6 Å². The second-order valence-electron chi connectivity index (χ2n) is 6.07. The Kier molecular flexibility index (Phi) is 8.29. The number of anilines is 1. The lowest BCUT2D eigenvalue weighted by atomic mass is 10.2. The molecule has 2 fully saturated rings. The summed E-state index contributed by atoms with van der Waals surface area (Å²) >= 11 is 0. The summed E-state index contributed by atoms with van der Waals surface area (Å²) in [6.45, 7) is 5.03. The molecule has 9 heteroatoms. The third kappa shape index (κ3) is 5.40. The van der Waals surface area contributed by atoms with Gasteiger partial charge < -0.3 is 24.6 Å². The van der Waals surface area contributed by atoms with Crippen LogP contribution in [0.3, 0.4) is 0 Å². The lowest BCUT2D eigenvalue weighted by Gasteiger charge is -2.38. The Morgan fingerprint density at radius 3 is 2.65 bits per heavy atom. The molecule has 0 aromatic heterocycles. The van der Waals surface area contributed by atoms with E-state index in [4.69, 9.17) is 9.47 Å². The Bertz CT molecular complexity index is 606. The largest absolute Gasteiger partial charge is 0.376 e. The predicted octanol–water partition coefficient (Wildman–Crippen LogP) is 1.70. The van der Waals surface area contributed by atoms with Gasteiger partial charge >= 0.3 is 0 Å². The van der Waals surface area contributed by atoms with Crippen molar-refractivity contribution in [1.82, 2.24) is 10.2 Å². The van der Waals surface area contributed by atoms with Gasteiger partial charge in [0.25, 0.3) is 0 Å². The van der Waals surface area contributed by atoms with Crippen molar-refractivity contribution in [2.45, 2.75) is 6.10 Å². The van der Waals surface area contributed by atoms with Gasteiger partial charge in [-0.25, -0.2) is 8.78 Å². The normalized spacial score (nSPS) is 21.3. The van der Waals surface area contributed by atoms with E-state index in [1.54, 1.807) is 7.05 Å². The topological polar surface area (TPSA) is 49.3 Å². The maximum Gasteiger partial charge on any atom is 0.193 e. The molecule has 1 N–H and O–H groups in total. The van der Waals surface area contributed by atoms with E-state index in [0.717, 1.165) is 12.0 Å². The molecule has 0 bridgehead atoms. The van der Waals surface area contributed by atoms with Gasteiger partial charge in [-0.1, -0.05) is 0 Å². The highest BCUT2D eigenvalue weighted by atomic mass is 127. The molecule has 1 unspecified atom stereocenters. The zero-order valence-electron chi connectivity index (χ0n) is 14.8. The van der Waals surface area contributed by atoms with Crippen molar-refractivity contribution in [2.24, 2.45) is 4.99 Å². The average Bonchev–Trinajstić information content (AvgIpc) is 2.66. The number of benzene rings is 1.